The van der Waals surface area contributed by atoms with Crippen molar-refractivity contribution >= 4 is 17.6 Å². The lowest BCUT2D eigenvalue weighted by molar-refractivity contribution is 0.0697. The van der Waals surface area contributed by atoms with Crippen molar-refractivity contribution in [3.8, 4) is 5.75 Å². The number of carboxylic acids is 1. The van der Waals surface area contributed by atoms with Gasteiger partial charge in [0, 0.05) is 37.9 Å². The zero-order valence-corrected chi connectivity index (χ0v) is 19.4. The van der Waals surface area contributed by atoms with Crippen LogP contribution in [0.4, 0.5) is 5.69 Å². The Balaban J connectivity index is 1.49. The summed E-state index contributed by atoms with van der Waals surface area (Å²) in [6.45, 7) is 4.37. The molecule has 0 unspecified atom stereocenters. The van der Waals surface area contributed by atoms with Gasteiger partial charge in [-0.15, -0.1) is 0 Å². The number of hydrogen-bond donors (Lipinski definition) is 2. The third kappa shape index (κ3) is 6.26. The van der Waals surface area contributed by atoms with Gasteiger partial charge in [0.2, 0.25) is 0 Å². The predicted molar refractivity (Wildman–Crippen MR) is 131 cm³/mol. The number of guanidine groups is 1. The Hall–Kier alpha value is -3.06. The molecule has 1 saturated heterocycles. The van der Waals surface area contributed by atoms with Gasteiger partial charge in [0.25, 0.3) is 0 Å². The Kier molecular flexibility index (Phi) is 7.83. The summed E-state index contributed by atoms with van der Waals surface area (Å²) in [6, 6.07) is 15.5. The monoisotopic (exact) mass is 450 g/mol. The Bertz CT molecular complexity index is 964. The number of piperazine rings is 1. The third-order valence-corrected chi connectivity index (χ3v) is 6.62. The maximum Gasteiger partial charge on any atom is 0.335 e. The van der Waals surface area contributed by atoms with Gasteiger partial charge < -0.3 is 20.1 Å². The highest BCUT2D eigenvalue weighted by Crippen LogP contribution is 2.24. The van der Waals surface area contributed by atoms with Crippen molar-refractivity contribution in [1.82, 2.24) is 9.80 Å². The van der Waals surface area contributed by atoms with Crippen LogP contribution in [0.2, 0.25) is 0 Å². The molecule has 2 fully saturated rings. The second-order valence-electron chi connectivity index (χ2n) is 8.82. The number of rotatable bonds is 6. The van der Waals surface area contributed by atoms with E-state index in [1.54, 1.807) is 25.3 Å². The van der Waals surface area contributed by atoms with Crippen LogP contribution < -0.4 is 10.1 Å². The molecule has 1 aliphatic heterocycles. The van der Waals surface area contributed by atoms with Gasteiger partial charge in [0.05, 0.1) is 19.2 Å². The van der Waals surface area contributed by atoms with Crippen LogP contribution in [0.3, 0.4) is 0 Å². The fraction of sp³-hybridized carbons (Fsp3) is 0.462. The number of nitrogens with one attached hydrogen (secondary N) is 1. The van der Waals surface area contributed by atoms with Crippen LogP contribution in [0.5, 0.6) is 5.75 Å². The summed E-state index contributed by atoms with van der Waals surface area (Å²) in [4.78, 5) is 21.2. The molecule has 0 aromatic heterocycles. The number of carboxylic acid groups (broad SMARTS) is 1. The highest BCUT2D eigenvalue weighted by atomic mass is 16.5. The quantitative estimate of drug-likeness (QED) is 0.504. The maximum atomic E-state index is 11.4. The summed E-state index contributed by atoms with van der Waals surface area (Å²) >= 11 is 0. The van der Waals surface area contributed by atoms with Gasteiger partial charge in [0.1, 0.15) is 5.75 Å². The molecule has 176 valence electrons. The lowest BCUT2D eigenvalue weighted by Crippen LogP contribution is -2.53. The topological polar surface area (TPSA) is 77.4 Å². The van der Waals surface area contributed by atoms with Crippen molar-refractivity contribution in [2.75, 3.05) is 38.6 Å². The van der Waals surface area contributed by atoms with Crippen molar-refractivity contribution in [2.45, 2.75) is 44.7 Å². The zero-order valence-electron chi connectivity index (χ0n) is 19.4. The summed E-state index contributed by atoms with van der Waals surface area (Å²) in [5.41, 5.74) is 2.05. The zero-order chi connectivity index (χ0) is 23.0. The van der Waals surface area contributed by atoms with Crippen LogP contribution in [-0.4, -0.2) is 66.2 Å². The molecule has 7 nitrogen and oxygen atoms in total. The van der Waals surface area contributed by atoms with Crippen LogP contribution >= 0.6 is 0 Å². The van der Waals surface area contributed by atoms with E-state index in [0.29, 0.717) is 6.54 Å². The number of aromatic carboxylic acids is 1. The molecule has 7 heteroatoms. The Morgan fingerprint density at radius 2 is 1.82 bits per heavy atom. The van der Waals surface area contributed by atoms with Crippen molar-refractivity contribution in [3.05, 3.63) is 59.7 Å². The number of benzene rings is 2. The molecule has 33 heavy (non-hydrogen) atoms. The summed E-state index contributed by atoms with van der Waals surface area (Å²) in [6.07, 6.45) is 6.70. The maximum absolute atomic E-state index is 11.4. The molecule has 2 N–H and O–H groups in total. The van der Waals surface area contributed by atoms with Gasteiger partial charge in [-0.3, -0.25) is 4.90 Å². The molecule has 0 radical (unpaired) electrons. The molecule has 1 saturated carbocycles. The molecule has 0 atom stereocenters. The Labute approximate surface area is 196 Å². The first kappa shape index (κ1) is 23.1. The number of nitrogens with zero attached hydrogens (tertiary/aromatic N) is 3. The second kappa shape index (κ2) is 11.2. The SMILES string of the molecule is COc1cccc(CN=C(Nc2cccc(C(=O)O)c2)N2CCN(C3CCCCC3)CC2)c1. The van der Waals surface area contributed by atoms with Crippen LogP contribution in [0.1, 0.15) is 48.0 Å². The number of carbonyl (C=O) groups is 1. The van der Waals surface area contributed by atoms with E-state index in [2.05, 4.69) is 15.1 Å². The Morgan fingerprint density at radius 1 is 1.06 bits per heavy atom. The predicted octanol–water partition coefficient (Wildman–Crippen LogP) is 4.31. The fourth-order valence-corrected chi connectivity index (χ4v) is 4.76. The van der Waals surface area contributed by atoms with E-state index in [1.807, 2.05) is 30.3 Å². The fourth-order valence-electron chi connectivity index (χ4n) is 4.76. The average molecular weight is 451 g/mol. The minimum absolute atomic E-state index is 0.259. The number of aliphatic imine (C=N–C) groups is 1. The minimum atomic E-state index is -0.936. The van der Waals surface area contributed by atoms with Gasteiger partial charge in [-0.2, -0.15) is 0 Å². The van der Waals surface area contributed by atoms with Gasteiger partial charge >= 0.3 is 5.97 Å². The molecule has 1 heterocycles. The van der Waals surface area contributed by atoms with Crippen LogP contribution in [0, 0.1) is 0 Å². The number of anilines is 1. The van der Waals surface area contributed by atoms with E-state index in [0.717, 1.165) is 55.2 Å². The van der Waals surface area contributed by atoms with Gasteiger partial charge in [-0.25, -0.2) is 9.79 Å². The number of methoxy groups -OCH3 is 1. The largest absolute Gasteiger partial charge is 0.497 e. The van der Waals surface area contributed by atoms with E-state index >= 15 is 0 Å². The molecule has 2 aromatic carbocycles. The van der Waals surface area contributed by atoms with E-state index in [1.165, 1.54) is 32.1 Å². The smallest absolute Gasteiger partial charge is 0.335 e. The molecule has 0 spiro atoms. The molecule has 0 bridgehead atoms. The summed E-state index contributed by atoms with van der Waals surface area (Å²) in [7, 11) is 1.66. The highest BCUT2D eigenvalue weighted by molar-refractivity contribution is 5.95. The lowest BCUT2D eigenvalue weighted by atomic mass is 9.94. The van der Waals surface area contributed by atoms with E-state index in [4.69, 9.17) is 9.73 Å². The molecular formula is C26H34N4O3. The summed E-state index contributed by atoms with van der Waals surface area (Å²) in [5.74, 6) is 0.658. The molecule has 2 aromatic rings. The van der Waals surface area contributed by atoms with Gasteiger partial charge in [-0.05, 0) is 48.7 Å². The highest BCUT2D eigenvalue weighted by Gasteiger charge is 2.26. The van der Waals surface area contributed by atoms with Gasteiger partial charge in [-0.1, -0.05) is 37.5 Å². The molecule has 2 aliphatic rings. The first-order chi connectivity index (χ1) is 16.1. The third-order valence-electron chi connectivity index (χ3n) is 6.62. The normalized spacial score (nSPS) is 18.2. The standard InChI is InChI=1S/C26H34N4O3/c1-33-24-12-5-7-20(17-24)19-27-26(28-22-9-6-8-21(18-22)25(31)32)30-15-13-29(14-16-30)23-10-3-2-4-11-23/h5-9,12,17-18,23H,2-4,10-11,13-16,19H2,1H3,(H,27,28)(H,31,32). The number of hydrogen-bond acceptors (Lipinski definition) is 4. The van der Waals surface area contributed by atoms with E-state index in [9.17, 15) is 9.90 Å². The first-order valence-electron chi connectivity index (χ1n) is 11.9. The number of ether oxygens (including phenoxy) is 1. The minimum Gasteiger partial charge on any atom is -0.497 e. The second-order valence-corrected chi connectivity index (χ2v) is 8.82. The molecule has 0 amide bonds. The van der Waals surface area contributed by atoms with Crippen molar-refractivity contribution in [1.29, 1.82) is 0 Å². The Morgan fingerprint density at radius 3 is 2.55 bits per heavy atom. The van der Waals surface area contributed by atoms with Crippen LogP contribution in [0.15, 0.2) is 53.5 Å². The van der Waals surface area contributed by atoms with Crippen LogP contribution in [-0.2, 0) is 6.54 Å². The molecule has 1 aliphatic carbocycles. The summed E-state index contributed by atoms with van der Waals surface area (Å²) in [5, 5.41) is 12.8. The lowest BCUT2D eigenvalue weighted by Gasteiger charge is -2.41. The van der Waals surface area contributed by atoms with Crippen molar-refractivity contribution < 1.29 is 14.6 Å². The molecule has 4 rings (SSSR count). The van der Waals surface area contributed by atoms with Crippen molar-refractivity contribution in [2.24, 2.45) is 4.99 Å². The molecular weight excluding hydrogens is 416 g/mol. The van der Waals surface area contributed by atoms with Crippen molar-refractivity contribution in [3.63, 3.8) is 0 Å². The van der Waals surface area contributed by atoms with Gasteiger partial charge in [0.15, 0.2) is 5.96 Å². The van der Waals surface area contributed by atoms with E-state index in [-0.39, 0.29) is 5.56 Å². The van der Waals surface area contributed by atoms with Crippen LogP contribution in [0.25, 0.3) is 0 Å². The first-order valence-corrected chi connectivity index (χ1v) is 11.9. The van der Waals surface area contributed by atoms with E-state index < -0.39 is 5.97 Å². The average Bonchev–Trinajstić information content (AvgIpc) is 2.87. The summed E-state index contributed by atoms with van der Waals surface area (Å²) < 4.78 is 5.34.